The zero-order valence-electron chi connectivity index (χ0n) is 12.2. The largest absolute Gasteiger partial charge is 0.466 e. The molecule has 8 heteroatoms. The van der Waals surface area contributed by atoms with E-state index in [1.165, 1.54) is 4.31 Å². The third-order valence-electron chi connectivity index (χ3n) is 3.23. The van der Waals surface area contributed by atoms with Gasteiger partial charge in [0.05, 0.1) is 12.5 Å². The molecule has 0 saturated carbocycles. The average molecular weight is 307 g/mol. The molecule has 0 spiro atoms. The third-order valence-corrected chi connectivity index (χ3v) is 4.81. The highest BCUT2D eigenvalue weighted by molar-refractivity contribution is 7.87. The molecule has 1 aliphatic rings. The zero-order chi connectivity index (χ0) is 15.0. The van der Waals surface area contributed by atoms with Crippen LogP contribution in [0.5, 0.6) is 0 Å². The molecule has 0 aromatic rings. The number of nitrogens with one attached hydrogen (secondary N) is 2. The topological polar surface area (TPSA) is 87.7 Å². The Kier molecular flexibility index (Phi) is 7.42. The Hall–Kier alpha value is -0.700. The maximum absolute atomic E-state index is 12.1. The van der Waals surface area contributed by atoms with E-state index in [4.69, 9.17) is 4.74 Å². The monoisotopic (exact) mass is 307 g/mol. The van der Waals surface area contributed by atoms with Gasteiger partial charge in [-0.15, -0.1) is 0 Å². The van der Waals surface area contributed by atoms with Crippen molar-refractivity contribution in [3.63, 3.8) is 0 Å². The van der Waals surface area contributed by atoms with E-state index >= 15 is 0 Å². The summed E-state index contributed by atoms with van der Waals surface area (Å²) in [4.78, 5) is 11.7. The Bertz CT molecular complexity index is 400. The molecule has 7 nitrogen and oxygen atoms in total. The van der Waals surface area contributed by atoms with Crippen molar-refractivity contribution in [1.29, 1.82) is 0 Å². The van der Waals surface area contributed by atoms with Gasteiger partial charge in [-0.1, -0.05) is 0 Å². The van der Waals surface area contributed by atoms with Gasteiger partial charge >= 0.3 is 5.97 Å². The molecule has 0 radical (unpaired) electrons. The summed E-state index contributed by atoms with van der Waals surface area (Å²) in [6, 6.07) is 0. The Morgan fingerprint density at radius 1 is 1.40 bits per heavy atom. The highest BCUT2D eigenvalue weighted by atomic mass is 32.2. The summed E-state index contributed by atoms with van der Waals surface area (Å²) in [5.74, 6) is -0.653. The maximum Gasteiger partial charge on any atom is 0.310 e. The summed E-state index contributed by atoms with van der Waals surface area (Å²) in [6.07, 6.45) is 2.09. The van der Waals surface area contributed by atoms with Crippen molar-refractivity contribution in [1.82, 2.24) is 14.3 Å². The van der Waals surface area contributed by atoms with Crippen LogP contribution in [0.1, 0.15) is 26.2 Å². The minimum atomic E-state index is -3.50. The number of hydrogen-bond acceptors (Lipinski definition) is 5. The van der Waals surface area contributed by atoms with E-state index in [2.05, 4.69) is 10.0 Å². The lowest BCUT2D eigenvalue weighted by molar-refractivity contribution is -0.149. The van der Waals surface area contributed by atoms with Crippen LogP contribution in [0.3, 0.4) is 0 Å². The van der Waals surface area contributed by atoms with E-state index in [0.717, 1.165) is 13.0 Å². The average Bonchev–Trinajstić information content (AvgIpc) is 2.44. The second-order valence-electron chi connectivity index (χ2n) is 4.81. The molecular weight excluding hydrogens is 282 g/mol. The van der Waals surface area contributed by atoms with Gasteiger partial charge in [-0.2, -0.15) is 12.7 Å². The summed E-state index contributed by atoms with van der Waals surface area (Å²) in [7, 11) is -1.67. The van der Waals surface area contributed by atoms with E-state index in [0.29, 0.717) is 32.5 Å². The lowest BCUT2D eigenvalue weighted by Crippen LogP contribution is -2.48. The molecule has 1 atom stereocenters. The van der Waals surface area contributed by atoms with Crippen molar-refractivity contribution in [2.45, 2.75) is 26.2 Å². The van der Waals surface area contributed by atoms with Crippen LogP contribution < -0.4 is 10.0 Å². The van der Waals surface area contributed by atoms with Gasteiger partial charge in [0.2, 0.25) is 0 Å². The quantitative estimate of drug-likeness (QED) is 0.475. The van der Waals surface area contributed by atoms with Crippen molar-refractivity contribution in [3.05, 3.63) is 0 Å². The van der Waals surface area contributed by atoms with Crippen LogP contribution in [0.4, 0.5) is 0 Å². The van der Waals surface area contributed by atoms with Crippen LogP contribution >= 0.6 is 0 Å². The van der Waals surface area contributed by atoms with E-state index in [1.807, 2.05) is 7.05 Å². The Labute approximate surface area is 121 Å². The van der Waals surface area contributed by atoms with E-state index in [-0.39, 0.29) is 18.4 Å². The van der Waals surface area contributed by atoms with Crippen LogP contribution in [0, 0.1) is 5.92 Å². The number of nitrogens with zero attached hydrogens (tertiary/aromatic N) is 1. The molecular formula is C12H25N3O4S. The molecule has 118 valence electrons. The van der Waals surface area contributed by atoms with Crippen LogP contribution in [0.2, 0.25) is 0 Å². The number of ether oxygens (including phenoxy) is 1. The fourth-order valence-corrected chi connectivity index (χ4v) is 3.50. The fraction of sp³-hybridized carbons (Fsp3) is 0.917. The van der Waals surface area contributed by atoms with Crippen LogP contribution in [0.15, 0.2) is 0 Å². The van der Waals surface area contributed by atoms with Crippen molar-refractivity contribution in [2.24, 2.45) is 5.92 Å². The van der Waals surface area contributed by atoms with Crippen molar-refractivity contribution >= 4 is 16.2 Å². The normalized spacial score (nSPS) is 20.8. The zero-order valence-corrected chi connectivity index (χ0v) is 13.0. The van der Waals surface area contributed by atoms with Crippen molar-refractivity contribution < 1.29 is 17.9 Å². The first kappa shape index (κ1) is 17.4. The molecule has 0 bridgehead atoms. The van der Waals surface area contributed by atoms with E-state index in [1.54, 1.807) is 6.92 Å². The van der Waals surface area contributed by atoms with Gasteiger partial charge in [0.25, 0.3) is 10.2 Å². The lowest BCUT2D eigenvalue weighted by atomic mass is 10.0. The molecule has 2 N–H and O–H groups in total. The van der Waals surface area contributed by atoms with Crippen molar-refractivity contribution in [3.8, 4) is 0 Å². The molecule has 0 amide bonds. The SMILES string of the molecule is CCOC(=O)C1CCCN(S(=O)(=O)NCCCNC)C1. The summed E-state index contributed by atoms with van der Waals surface area (Å²) in [6.45, 7) is 3.89. The smallest absolute Gasteiger partial charge is 0.310 e. The number of piperidine rings is 1. The van der Waals surface area contributed by atoms with Gasteiger partial charge < -0.3 is 10.1 Å². The number of hydrogen-bond donors (Lipinski definition) is 2. The van der Waals surface area contributed by atoms with Crippen LogP contribution in [0.25, 0.3) is 0 Å². The molecule has 1 rings (SSSR count). The van der Waals surface area contributed by atoms with E-state index < -0.39 is 10.2 Å². The number of rotatable bonds is 8. The predicted molar refractivity (Wildman–Crippen MR) is 76.4 cm³/mol. The Morgan fingerprint density at radius 3 is 2.80 bits per heavy atom. The van der Waals surface area contributed by atoms with Gasteiger partial charge in [0.1, 0.15) is 0 Å². The number of carbonyl (C=O) groups excluding carboxylic acids is 1. The highest BCUT2D eigenvalue weighted by Gasteiger charge is 2.32. The second-order valence-corrected chi connectivity index (χ2v) is 6.56. The standard InChI is InChI=1S/C12H25N3O4S/c1-3-19-12(16)11-6-4-9-15(10-11)20(17,18)14-8-5-7-13-2/h11,13-14H,3-10H2,1-2H3. The first-order valence-corrected chi connectivity index (χ1v) is 8.51. The summed E-state index contributed by atoms with van der Waals surface area (Å²) >= 11 is 0. The first-order chi connectivity index (χ1) is 9.51. The molecule has 1 aliphatic heterocycles. The fourth-order valence-electron chi connectivity index (χ4n) is 2.17. The van der Waals surface area contributed by atoms with Gasteiger partial charge in [-0.05, 0) is 39.8 Å². The van der Waals surface area contributed by atoms with Gasteiger partial charge in [0, 0.05) is 19.6 Å². The van der Waals surface area contributed by atoms with Gasteiger partial charge in [-0.3, -0.25) is 4.79 Å². The van der Waals surface area contributed by atoms with Crippen LogP contribution in [-0.2, 0) is 19.7 Å². The Morgan fingerprint density at radius 2 is 2.15 bits per heavy atom. The number of carbonyl (C=O) groups is 1. The summed E-state index contributed by atoms with van der Waals surface area (Å²) in [5.41, 5.74) is 0. The van der Waals surface area contributed by atoms with Gasteiger partial charge in [0.15, 0.2) is 0 Å². The molecule has 20 heavy (non-hydrogen) atoms. The highest BCUT2D eigenvalue weighted by Crippen LogP contribution is 2.19. The van der Waals surface area contributed by atoms with E-state index in [9.17, 15) is 13.2 Å². The summed E-state index contributed by atoms with van der Waals surface area (Å²) in [5, 5.41) is 2.96. The Balaban J connectivity index is 2.50. The minimum absolute atomic E-state index is 0.209. The molecule has 1 unspecified atom stereocenters. The molecule has 0 aromatic heterocycles. The molecule has 1 heterocycles. The predicted octanol–water partition coefficient (Wildman–Crippen LogP) is -0.295. The van der Waals surface area contributed by atoms with Crippen LogP contribution in [-0.4, -0.2) is 58.5 Å². The van der Waals surface area contributed by atoms with Gasteiger partial charge in [-0.25, -0.2) is 4.72 Å². The third kappa shape index (κ3) is 5.35. The molecule has 1 saturated heterocycles. The summed E-state index contributed by atoms with van der Waals surface area (Å²) < 4.78 is 33.1. The lowest BCUT2D eigenvalue weighted by Gasteiger charge is -2.30. The maximum atomic E-state index is 12.1. The first-order valence-electron chi connectivity index (χ1n) is 7.07. The number of esters is 1. The minimum Gasteiger partial charge on any atom is -0.466 e. The molecule has 0 aromatic carbocycles. The molecule has 1 fully saturated rings. The second kappa shape index (κ2) is 8.56. The van der Waals surface area contributed by atoms with Crippen molar-refractivity contribution in [2.75, 3.05) is 39.8 Å². The molecule has 0 aliphatic carbocycles.